The Kier molecular flexibility index (Phi) is 7.29. The van der Waals surface area contributed by atoms with Crippen molar-refractivity contribution in [1.82, 2.24) is 16.2 Å². The quantitative estimate of drug-likeness (QED) is 0.391. The number of rotatable bonds is 5. The Bertz CT molecular complexity index is 1050. The Morgan fingerprint density at radius 2 is 1.53 bits per heavy atom. The van der Waals surface area contributed by atoms with Crippen molar-refractivity contribution in [2.75, 3.05) is 6.61 Å². The topological polar surface area (TPSA) is 92.6 Å². The molecule has 0 spiro atoms. The van der Waals surface area contributed by atoms with Crippen LogP contribution in [-0.2, 0) is 4.79 Å². The highest BCUT2D eigenvalue weighted by Crippen LogP contribution is 2.23. The van der Waals surface area contributed by atoms with Crippen LogP contribution in [0.2, 0.25) is 10.0 Å². The van der Waals surface area contributed by atoms with Crippen LogP contribution in [0.4, 0.5) is 0 Å². The monoisotopic (exact) mass is 463 g/mol. The lowest BCUT2D eigenvalue weighted by molar-refractivity contribution is -0.123. The third-order valence-electron chi connectivity index (χ3n) is 3.68. The summed E-state index contributed by atoms with van der Waals surface area (Å²) in [5, 5.41) is 3.45. The number of thiocarbonyl (C=S) groups is 1. The van der Waals surface area contributed by atoms with E-state index in [1.165, 1.54) is 6.07 Å². The third-order valence-corrected chi connectivity index (χ3v) is 4.39. The molecule has 1 heterocycles. The van der Waals surface area contributed by atoms with Crippen molar-refractivity contribution in [3.63, 3.8) is 0 Å². The molecule has 3 aromatic rings. The van der Waals surface area contributed by atoms with E-state index in [0.717, 1.165) is 5.56 Å². The lowest BCUT2D eigenvalue weighted by atomic mass is 10.2. The maximum Gasteiger partial charge on any atom is 0.293 e. The van der Waals surface area contributed by atoms with Crippen LogP contribution < -0.4 is 20.9 Å². The van der Waals surface area contributed by atoms with Crippen LogP contribution in [-0.4, -0.2) is 23.5 Å². The summed E-state index contributed by atoms with van der Waals surface area (Å²) < 4.78 is 10.8. The molecule has 0 saturated carbocycles. The van der Waals surface area contributed by atoms with Crippen molar-refractivity contribution in [3.8, 4) is 17.1 Å². The molecule has 154 valence electrons. The number of benzene rings is 2. The number of hydrogen-bond acceptors (Lipinski definition) is 5. The van der Waals surface area contributed by atoms with Crippen molar-refractivity contribution in [2.24, 2.45) is 0 Å². The van der Waals surface area contributed by atoms with Gasteiger partial charge < -0.3 is 9.15 Å². The first kappa shape index (κ1) is 21.6. The normalized spacial score (nSPS) is 10.2. The molecule has 0 bridgehead atoms. The van der Waals surface area contributed by atoms with Gasteiger partial charge in [0.2, 0.25) is 0 Å². The summed E-state index contributed by atoms with van der Waals surface area (Å²) in [7, 11) is 0. The highest BCUT2D eigenvalue weighted by molar-refractivity contribution is 7.80. The largest absolute Gasteiger partial charge is 0.484 e. The van der Waals surface area contributed by atoms with E-state index < -0.39 is 11.8 Å². The molecule has 0 aliphatic heterocycles. The lowest BCUT2D eigenvalue weighted by Crippen LogP contribution is -2.49. The SMILES string of the molecule is O=C(COc1ccc(Cl)cc1)NNC(=S)NC(=O)c1ccc(-c2ccc(Cl)cc2)o1. The fourth-order valence-corrected chi connectivity index (χ4v) is 2.66. The van der Waals surface area contributed by atoms with Gasteiger partial charge in [-0.2, -0.15) is 0 Å². The van der Waals surface area contributed by atoms with Crippen molar-refractivity contribution in [3.05, 3.63) is 76.5 Å². The van der Waals surface area contributed by atoms with Gasteiger partial charge in [-0.25, -0.2) is 0 Å². The molecule has 0 unspecified atom stereocenters. The van der Waals surface area contributed by atoms with Crippen molar-refractivity contribution < 1.29 is 18.7 Å². The van der Waals surface area contributed by atoms with Gasteiger partial charge in [-0.3, -0.25) is 25.8 Å². The molecule has 7 nitrogen and oxygen atoms in total. The number of carbonyl (C=O) groups excluding carboxylic acids is 2. The van der Waals surface area contributed by atoms with Gasteiger partial charge in [0.05, 0.1) is 0 Å². The summed E-state index contributed by atoms with van der Waals surface area (Å²) in [6.07, 6.45) is 0. The van der Waals surface area contributed by atoms with E-state index in [1.54, 1.807) is 54.6 Å². The van der Waals surface area contributed by atoms with E-state index >= 15 is 0 Å². The summed E-state index contributed by atoms with van der Waals surface area (Å²) in [4.78, 5) is 24.0. The number of nitrogens with one attached hydrogen (secondary N) is 3. The Hall–Kier alpha value is -3.07. The Labute approximate surface area is 187 Å². The van der Waals surface area contributed by atoms with E-state index in [0.29, 0.717) is 21.6 Å². The fraction of sp³-hybridized carbons (Fsp3) is 0.0500. The molecule has 0 atom stereocenters. The molecule has 0 saturated heterocycles. The molecule has 10 heteroatoms. The molecule has 0 radical (unpaired) electrons. The molecule has 1 aromatic heterocycles. The molecule has 2 amide bonds. The zero-order valence-electron chi connectivity index (χ0n) is 15.3. The van der Waals surface area contributed by atoms with Crippen LogP contribution in [0, 0.1) is 0 Å². The van der Waals surface area contributed by atoms with E-state index in [4.69, 9.17) is 44.6 Å². The fourth-order valence-electron chi connectivity index (χ4n) is 2.27. The van der Waals surface area contributed by atoms with Gasteiger partial charge in [-0.15, -0.1) is 0 Å². The minimum absolute atomic E-state index is 0.0569. The number of hydrogen-bond donors (Lipinski definition) is 3. The third kappa shape index (κ3) is 6.21. The van der Waals surface area contributed by atoms with Crippen LogP contribution in [0.5, 0.6) is 5.75 Å². The van der Waals surface area contributed by atoms with Crippen LogP contribution in [0.1, 0.15) is 10.6 Å². The molecular weight excluding hydrogens is 449 g/mol. The minimum Gasteiger partial charge on any atom is -0.484 e. The highest BCUT2D eigenvalue weighted by Gasteiger charge is 2.14. The molecule has 0 fully saturated rings. The summed E-state index contributed by atoms with van der Waals surface area (Å²) in [5.74, 6) is -0.0199. The number of carbonyl (C=O) groups is 2. The molecule has 0 aliphatic rings. The smallest absolute Gasteiger partial charge is 0.293 e. The minimum atomic E-state index is -0.570. The van der Waals surface area contributed by atoms with Gasteiger partial charge in [0.25, 0.3) is 11.8 Å². The number of halogens is 2. The first-order chi connectivity index (χ1) is 14.4. The average Bonchev–Trinajstić information content (AvgIpc) is 3.23. The summed E-state index contributed by atoms with van der Waals surface area (Å²) >= 11 is 16.6. The van der Waals surface area contributed by atoms with Crippen LogP contribution in [0.25, 0.3) is 11.3 Å². The van der Waals surface area contributed by atoms with Crippen molar-refractivity contribution in [2.45, 2.75) is 0 Å². The van der Waals surface area contributed by atoms with E-state index in [1.807, 2.05) is 0 Å². The molecule has 2 aromatic carbocycles. The van der Waals surface area contributed by atoms with E-state index in [-0.39, 0.29) is 17.5 Å². The zero-order valence-corrected chi connectivity index (χ0v) is 17.6. The summed E-state index contributed by atoms with van der Waals surface area (Å²) in [5.41, 5.74) is 5.50. The average molecular weight is 464 g/mol. The second-order valence-corrected chi connectivity index (χ2v) is 7.15. The molecule has 30 heavy (non-hydrogen) atoms. The van der Waals surface area contributed by atoms with Gasteiger partial charge in [-0.1, -0.05) is 23.2 Å². The van der Waals surface area contributed by atoms with Crippen LogP contribution in [0.3, 0.4) is 0 Å². The molecule has 3 N–H and O–H groups in total. The predicted octanol–water partition coefficient (Wildman–Crippen LogP) is 3.97. The van der Waals surface area contributed by atoms with E-state index in [9.17, 15) is 9.59 Å². The molecule has 3 rings (SSSR count). The Morgan fingerprint density at radius 3 is 2.20 bits per heavy atom. The Balaban J connectivity index is 1.44. The lowest BCUT2D eigenvalue weighted by Gasteiger charge is -2.10. The highest BCUT2D eigenvalue weighted by atomic mass is 35.5. The number of amides is 2. The van der Waals surface area contributed by atoms with Gasteiger partial charge in [0.15, 0.2) is 17.5 Å². The second-order valence-electron chi connectivity index (χ2n) is 5.87. The first-order valence-electron chi connectivity index (χ1n) is 8.55. The van der Waals surface area contributed by atoms with Gasteiger partial charge >= 0.3 is 0 Å². The van der Waals surface area contributed by atoms with Gasteiger partial charge in [0.1, 0.15) is 11.5 Å². The summed E-state index contributed by atoms with van der Waals surface area (Å²) in [6.45, 7) is -0.256. The maximum atomic E-state index is 12.2. The number of furan rings is 1. The van der Waals surface area contributed by atoms with Crippen LogP contribution >= 0.6 is 35.4 Å². The van der Waals surface area contributed by atoms with Crippen LogP contribution in [0.15, 0.2) is 65.1 Å². The first-order valence-corrected chi connectivity index (χ1v) is 9.71. The van der Waals surface area contributed by atoms with E-state index in [2.05, 4.69) is 16.2 Å². The number of hydrazine groups is 1. The Morgan fingerprint density at radius 1 is 0.900 bits per heavy atom. The zero-order chi connectivity index (χ0) is 21.5. The standard InChI is InChI=1S/C20H15Cl2N3O4S/c21-13-3-1-12(2-4-13)16-9-10-17(29-16)19(27)23-20(30)25-24-18(26)11-28-15-7-5-14(22)6-8-15/h1-10H,11H2,(H,24,26)(H2,23,25,27,30). The molecule has 0 aliphatic carbocycles. The molecular formula is C20H15Cl2N3O4S. The van der Waals surface area contributed by atoms with Crippen molar-refractivity contribution in [1.29, 1.82) is 0 Å². The summed E-state index contributed by atoms with van der Waals surface area (Å²) in [6, 6.07) is 16.7. The maximum absolute atomic E-state index is 12.2. The van der Waals surface area contributed by atoms with Gasteiger partial charge in [-0.05, 0) is 72.9 Å². The van der Waals surface area contributed by atoms with Gasteiger partial charge in [0, 0.05) is 15.6 Å². The van der Waals surface area contributed by atoms with Crippen molar-refractivity contribution >= 4 is 52.3 Å². The predicted molar refractivity (Wildman–Crippen MR) is 117 cm³/mol. The second kappa shape index (κ2) is 10.1. The number of ether oxygens (including phenoxy) is 1.